The van der Waals surface area contributed by atoms with E-state index < -0.39 is 5.60 Å². The van der Waals surface area contributed by atoms with Crippen LogP contribution in [0.25, 0.3) is 0 Å². The lowest BCUT2D eigenvalue weighted by atomic mass is 9.99. The van der Waals surface area contributed by atoms with Crippen molar-refractivity contribution in [1.29, 1.82) is 0 Å². The molecule has 2 amide bonds. The fourth-order valence-electron chi connectivity index (χ4n) is 2.21. The van der Waals surface area contributed by atoms with Crippen LogP contribution in [-0.2, 0) is 15.2 Å². The molecule has 1 aliphatic heterocycles. The lowest BCUT2D eigenvalue weighted by Gasteiger charge is -2.23. The number of amides is 2. The van der Waals surface area contributed by atoms with Crippen LogP contribution in [0, 0.1) is 0 Å². The monoisotopic (exact) mass is 296 g/mol. The summed E-state index contributed by atoms with van der Waals surface area (Å²) < 4.78 is 0. The number of hydrogen-bond acceptors (Lipinski definition) is 4. The van der Waals surface area contributed by atoms with Gasteiger partial charge in [0.2, 0.25) is 11.8 Å². The van der Waals surface area contributed by atoms with E-state index in [2.05, 4.69) is 5.32 Å². The van der Waals surface area contributed by atoms with Crippen molar-refractivity contribution in [2.24, 2.45) is 0 Å². The Hall–Kier alpha value is -1.40. The summed E-state index contributed by atoms with van der Waals surface area (Å²) in [6, 6.07) is 1.85. The van der Waals surface area contributed by atoms with Gasteiger partial charge in [-0.2, -0.15) is 11.3 Å². The average Bonchev–Trinajstić information content (AvgIpc) is 3.05. The third-order valence-corrected chi connectivity index (χ3v) is 4.24. The maximum atomic E-state index is 11.8. The molecule has 1 unspecified atom stereocenters. The summed E-state index contributed by atoms with van der Waals surface area (Å²) in [5.74, 6) is -0.0109. The Morgan fingerprint density at radius 1 is 1.60 bits per heavy atom. The summed E-state index contributed by atoms with van der Waals surface area (Å²) in [7, 11) is 0. The first-order valence-electron chi connectivity index (χ1n) is 6.78. The normalized spacial score (nSPS) is 18.1. The van der Waals surface area contributed by atoms with Crippen LogP contribution >= 0.6 is 11.3 Å². The van der Waals surface area contributed by atoms with Crippen molar-refractivity contribution in [3.63, 3.8) is 0 Å². The van der Waals surface area contributed by atoms with Crippen LogP contribution in [-0.4, -0.2) is 41.5 Å². The van der Waals surface area contributed by atoms with Crippen LogP contribution in [0.5, 0.6) is 0 Å². The number of hydrogen-bond donors (Lipinski definition) is 2. The highest BCUT2D eigenvalue weighted by molar-refractivity contribution is 7.08. The van der Waals surface area contributed by atoms with Crippen LogP contribution in [0.4, 0.5) is 0 Å². The highest BCUT2D eigenvalue weighted by Gasteiger charge is 2.25. The number of carbonyl (C=O) groups excluding carboxylic acids is 2. The molecule has 1 aliphatic rings. The molecule has 0 saturated carbocycles. The summed E-state index contributed by atoms with van der Waals surface area (Å²) >= 11 is 1.51. The summed E-state index contributed by atoms with van der Waals surface area (Å²) in [6.07, 6.45) is 1.76. The summed E-state index contributed by atoms with van der Waals surface area (Å²) in [6.45, 7) is 3.07. The van der Waals surface area contributed by atoms with Crippen LogP contribution < -0.4 is 5.32 Å². The first kappa shape index (κ1) is 15.0. The maximum absolute atomic E-state index is 11.8. The van der Waals surface area contributed by atoms with Gasteiger partial charge in [-0.25, -0.2) is 0 Å². The number of thiophene rings is 1. The van der Waals surface area contributed by atoms with Crippen molar-refractivity contribution in [3.8, 4) is 0 Å². The van der Waals surface area contributed by atoms with E-state index in [0.29, 0.717) is 13.0 Å². The third kappa shape index (κ3) is 3.80. The van der Waals surface area contributed by atoms with Crippen molar-refractivity contribution in [2.45, 2.75) is 31.8 Å². The van der Waals surface area contributed by atoms with E-state index in [0.717, 1.165) is 18.5 Å². The molecule has 0 aromatic carbocycles. The van der Waals surface area contributed by atoms with Crippen molar-refractivity contribution in [1.82, 2.24) is 10.2 Å². The van der Waals surface area contributed by atoms with Gasteiger partial charge in [0.1, 0.15) is 5.60 Å². The molecule has 1 fully saturated rings. The fourth-order valence-corrected chi connectivity index (χ4v) is 2.99. The van der Waals surface area contributed by atoms with Gasteiger partial charge in [-0.3, -0.25) is 9.59 Å². The van der Waals surface area contributed by atoms with E-state index in [4.69, 9.17) is 0 Å². The van der Waals surface area contributed by atoms with E-state index in [9.17, 15) is 14.7 Å². The Morgan fingerprint density at radius 3 is 3.00 bits per heavy atom. The van der Waals surface area contributed by atoms with E-state index in [1.54, 1.807) is 11.8 Å². The number of likely N-dealkylation sites (tertiary alicyclic amines) is 1. The third-order valence-electron chi connectivity index (χ3n) is 3.55. The molecule has 20 heavy (non-hydrogen) atoms. The SMILES string of the molecule is CC(O)(CNC(=O)CCN1CCCC1=O)c1ccsc1. The van der Waals surface area contributed by atoms with Gasteiger partial charge >= 0.3 is 0 Å². The van der Waals surface area contributed by atoms with Gasteiger partial charge in [0.15, 0.2) is 0 Å². The molecule has 1 aromatic rings. The second-order valence-corrected chi connectivity index (χ2v) is 6.08. The Morgan fingerprint density at radius 2 is 2.40 bits per heavy atom. The molecule has 6 heteroatoms. The zero-order chi connectivity index (χ0) is 14.6. The number of rotatable bonds is 6. The topological polar surface area (TPSA) is 69.6 Å². The largest absolute Gasteiger partial charge is 0.384 e. The molecule has 2 heterocycles. The summed E-state index contributed by atoms with van der Waals surface area (Å²) in [5, 5.41) is 16.8. The summed E-state index contributed by atoms with van der Waals surface area (Å²) in [5.41, 5.74) is -0.253. The molecule has 1 saturated heterocycles. The minimum Gasteiger partial charge on any atom is -0.384 e. The van der Waals surface area contributed by atoms with Crippen LogP contribution in [0.2, 0.25) is 0 Å². The minimum atomic E-state index is -1.06. The quantitative estimate of drug-likeness (QED) is 0.825. The van der Waals surface area contributed by atoms with Crippen LogP contribution in [0.3, 0.4) is 0 Å². The molecule has 2 rings (SSSR count). The van der Waals surface area contributed by atoms with Gasteiger partial charge in [-0.1, -0.05) is 0 Å². The highest BCUT2D eigenvalue weighted by atomic mass is 32.1. The van der Waals surface area contributed by atoms with Gasteiger partial charge in [-0.05, 0) is 35.7 Å². The Bertz CT molecular complexity index is 471. The number of aliphatic hydroxyl groups is 1. The molecular formula is C14H20N2O3S. The standard InChI is InChI=1S/C14H20N2O3S/c1-14(19,11-5-8-20-9-11)10-15-12(17)4-7-16-6-2-3-13(16)18/h5,8-9,19H,2-4,6-7,10H2,1H3,(H,15,17). The zero-order valence-corrected chi connectivity index (χ0v) is 12.4. The lowest BCUT2D eigenvalue weighted by molar-refractivity contribution is -0.128. The Labute approximate surface area is 122 Å². The molecule has 0 bridgehead atoms. The van der Waals surface area contributed by atoms with Gasteiger partial charge in [0.05, 0.1) is 6.54 Å². The highest BCUT2D eigenvalue weighted by Crippen LogP contribution is 2.22. The van der Waals surface area contributed by atoms with Crippen molar-refractivity contribution < 1.29 is 14.7 Å². The molecule has 110 valence electrons. The van der Waals surface area contributed by atoms with Crippen molar-refractivity contribution >= 4 is 23.2 Å². The first-order chi connectivity index (χ1) is 9.49. The smallest absolute Gasteiger partial charge is 0.222 e. The Kier molecular flexibility index (Phi) is 4.77. The van der Waals surface area contributed by atoms with Gasteiger partial charge in [-0.15, -0.1) is 0 Å². The van der Waals surface area contributed by atoms with E-state index >= 15 is 0 Å². The summed E-state index contributed by atoms with van der Waals surface area (Å²) in [4.78, 5) is 24.9. The molecule has 0 radical (unpaired) electrons. The molecule has 1 atom stereocenters. The number of carbonyl (C=O) groups is 2. The fraction of sp³-hybridized carbons (Fsp3) is 0.571. The van der Waals surface area contributed by atoms with Crippen LogP contribution in [0.1, 0.15) is 31.7 Å². The maximum Gasteiger partial charge on any atom is 0.222 e. The predicted molar refractivity (Wildman–Crippen MR) is 77.3 cm³/mol. The van der Waals surface area contributed by atoms with Crippen molar-refractivity contribution in [3.05, 3.63) is 22.4 Å². The molecule has 5 nitrogen and oxygen atoms in total. The second kappa shape index (κ2) is 6.37. The average molecular weight is 296 g/mol. The first-order valence-corrected chi connectivity index (χ1v) is 7.73. The van der Waals surface area contributed by atoms with Crippen LogP contribution in [0.15, 0.2) is 16.8 Å². The second-order valence-electron chi connectivity index (χ2n) is 5.30. The molecular weight excluding hydrogens is 276 g/mol. The molecule has 2 N–H and O–H groups in total. The van der Waals surface area contributed by atoms with Gasteiger partial charge in [0, 0.05) is 25.9 Å². The minimum absolute atomic E-state index is 0.128. The van der Waals surface area contributed by atoms with E-state index in [-0.39, 0.29) is 24.8 Å². The van der Waals surface area contributed by atoms with Gasteiger partial charge in [0.25, 0.3) is 0 Å². The Balaban J connectivity index is 1.73. The van der Waals surface area contributed by atoms with E-state index in [1.807, 2.05) is 16.8 Å². The molecule has 0 spiro atoms. The lowest BCUT2D eigenvalue weighted by Crippen LogP contribution is -2.39. The molecule has 1 aromatic heterocycles. The van der Waals surface area contributed by atoms with Gasteiger partial charge < -0.3 is 15.3 Å². The number of nitrogens with zero attached hydrogens (tertiary/aromatic N) is 1. The molecule has 0 aliphatic carbocycles. The predicted octanol–water partition coefficient (Wildman–Crippen LogP) is 1.08. The zero-order valence-electron chi connectivity index (χ0n) is 11.6. The van der Waals surface area contributed by atoms with E-state index in [1.165, 1.54) is 11.3 Å². The van der Waals surface area contributed by atoms with Crippen molar-refractivity contribution in [2.75, 3.05) is 19.6 Å². The number of nitrogens with one attached hydrogen (secondary N) is 1.